The van der Waals surface area contributed by atoms with Gasteiger partial charge in [0.05, 0.1) is 19.3 Å². The second kappa shape index (κ2) is 4.34. The molecule has 0 saturated carbocycles. The van der Waals surface area contributed by atoms with Crippen molar-refractivity contribution < 1.29 is 4.52 Å². The van der Waals surface area contributed by atoms with Gasteiger partial charge in [-0.3, -0.25) is 5.32 Å². The summed E-state index contributed by atoms with van der Waals surface area (Å²) in [5.41, 5.74) is 0.543. The number of aromatic amines is 1. The lowest BCUT2D eigenvalue weighted by atomic mass is 10.4. The van der Waals surface area contributed by atoms with Gasteiger partial charge in [-0.15, -0.1) is 6.42 Å². The van der Waals surface area contributed by atoms with Gasteiger partial charge in [-0.25, -0.2) is 0 Å². The highest BCUT2D eigenvalue weighted by Gasteiger charge is 2.09. The van der Waals surface area contributed by atoms with E-state index < -0.39 is 0 Å². The number of nitrogens with one attached hydrogen (secondary N) is 2. The fraction of sp³-hybridized carbons (Fsp3) is 0.250. The van der Waals surface area contributed by atoms with E-state index in [1.807, 2.05) is 0 Å². The molecule has 2 aromatic rings. The molecule has 0 fully saturated rings. The first-order valence-electron chi connectivity index (χ1n) is 4.23. The van der Waals surface area contributed by atoms with Crippen LogP contribution in [0.1, 0.15) is 5.89 Å². The van der Waals surface area contributed by atoms with E-state index in [1.165, 1.54) is 6.20 Å². The predicted octanol–water partition coefficient (Wildman–Crippen LogP) is -0.423. The quantitative estimate of drug-likeness (QED) is 0.519. The lowest BCUT2D eigenvalue weighted by molar-refractivity contribution is 0.370. The number of hydrogen-bond acceptors (Lipinski definition) is 6. The molecule has 15 heavy (non-hydrogen) atoms. The zero-order valence-corrected chi connectivity index (χ0v) is 7.77. The molecule has 0 atom stereocenters. The third-order valence-electron chi connectivity index (χ3n) is 1.62. The molecule has 0 aliphatic rings. The van der Waals surface area contributed by atoms with E-state index in [1.54, 1.807) is 0 Å². The molecule has 0 spiro atoms. The second-order valence-electron chi connectivity index (χ2n) is 2.67. The molecule has 0 aliphatic heterocycles. The van der Waals surface area contributed by atoms with Crippen LogP contribution in [-0.2, 0) is 6.54 Å². The number of nitrogens with zero attached hydrogens (tertiary/aromatic N) is 4. The zero-order chi connectivity index (χ0) is 10.5. The van der Waals surface area contributed by atoms with E-state index in [2.05, 4.69) is 36.8 Å². The Bertz CT molecular complexity index is 454. The normalized spacial score (nSPS) is 10.1. The molecule has 0 saturated heterocycles. The first-order chi connectivity index (χ1) is 7.40. The van der Waals surface area contributed by atoms with Gasteiger partial charge in [0.25, 0.3) is 0 Å². The lowest BCUT2D eigenvalue weighted by Gasteiger charge is -1.91. The van der Waals surface area contributed by atoms with Crippen LogP contribution in [0.15, 0.2) is 10.7 Å². The average Bonchev–Trinajstić information content (AvgIpc) is 2.87. The molecule has 0 bridgehead atoms. The van der Waals surface area contributed by atoms with E-state index in [4.69, 9.17) is 10.9 Å². The van der Waals surface area contributed by atoms with Crippen molar-refractivity contribution in [3.8, 4) is 23.9 Å². The summed E-state index contributed by atoms with van der Waals surface area (Å²) in [5.74, 6) is 3.31. The van der Waals surface area contributed by atoms with Gasteiger partial charge in [0.2, 0.25) is 11.7 Å². The van der Waals surface area contributed by atoms with E-state index in [0.29, 0.717) is 30.5 Å². The number of hydrogen-bond donors (Lipinski definition) is 2. The minimum absolute atomic E-state index is 0.404. The molecule has 0 aliphatic carbocycles. The SMILES string of the molecule is C#CCNCc1nc(-c2cn[nH]n2)no1. The summed E-state index contributed by atoms with van der Waals surface area (Å²) in [6.07, 6.45) is 6.59. The standard InChI is InChI=1S/C8H8N6O/c1-2-3-9-5-7-11-8(13-15-7)6-4-10-14-12-6/h1,4,9H,3,5H2,(H,10,12,14). The van der Waals surface area contributed by atoms with Gasteiger partial charge < -0.3 is 4.52 Å². The molecule has 76 valence electrons. The van der Waals surface area contributed by atoms with Crippen LogP contribution in [0.25, 0.3) is 11.5 Å². The van der Waals surface area contributed by atoms with E-state index in [0.717, 1.165) is 0 Å². The van der Waals surface area contributed by atoms with Crippen LogP contribution in [0.3, 0.4) is 0 Å². The van der Waals surface area contributed by atoms with Gasteiger partial charge in [-0.05, 0) is 0 Å². The van der Waals surface area contributed by atoms with Crippen LogP contribution in [0, 0.1) is 12.3 Å². The van der Waals surface area contributed by atoms with Gasteiger partial charge in [0, 0.05) is 0 Å². The fourth-order valence-corrected chi connectivity index (χ4v) is 0.982. The highest BCUT2D eigenvalue weighted by Crippen LogP contribution is 2.09. The molecule has 7 nitrogen and oxygen atoms in total. The molecule has 2 N–H and O–H groups in total. The van der Waals surface area contributed by atoms with E-state index in [-0.39, 0.29) is 0 Å². The maximum absolute atomic E-state index is 5.07. The van der Waals surface area contributed by atoms with Gasteiger partial charge >= 0.3 is 0 Å². The lowest BCUT2D eigenvalue weighted by Crippen LogP contribution is -2.13. The van der Waals surface area contributed by atoms with Crippen LogP contribution in [0.4, 0.5) is 0 Å². The summed E-state index contributed by atoms with van der Waals surface area (Å²) in [7, 11) is 0. The first-order valence-corrected chi connectivity index (χ1v) is 4.23. The molecule has 0 aromatic carbocycles. The van der Waals surface area contributed by atoms with Gasteiger partial charge in [-0.2, -0.15) is 20.4 Å². The van der Waals surface area contributed by atoms with Crippen molar-refractivity contribution >= 4 is 0 Å². The second-order valence-corrected chi connectivity index (χ2v) is 2.67. The average molecular weight is 204 g/mol. The summed E-state index contributed by atoms with van der Waals surface area (Å²) >= 11 is 0. The van der Waals surface area contributed by atoms with Crippen molar-refractivity contribution in [1.82, 2.24) is 30.9 Å². The van der Waals surface area contributed by atoms with Gasteiger partial charge in [-0.1, -0.05) is 11.1 Å². The topological polar surface area (TPSA) is 92.5 Å². The van der Waals surface area contributed by atoms with Gasteiger partial charge in [0.15, 0.2) is 5.69 Å². The number of H-pyrrole nitrogens is 1. The Balaban J connectivity index is 2.02. The maximum atomic E-state index is 5.07. The Hall–Kier alpha value is -2.20. The minimum atomic E-state index is 0.404. The van der Waals surface area contributed by atoms with Crippen molar-refractivity contribution in [3.63, 3.8) is 0 Å². The Morgan fingerprint density at radius 2 is 2.53 bits per heavy atom. The van der Waals surface area contributed by atoms with Crippen molar-refractivity contribution in [3.05, 3.63) is 12.1 Å². The molecule has 2 rings (SSSR count). The maximum Gasteiger partial charge on any atom is 0.240 e. The Labute approximate surface area is 85.3 Å². The summed E-state index contributed by atoms with van der Waals surface area (Å²) in [6.45, 7) is 0.900. The van der Waals surface area contributed by atoms with Crippen LogP contribution in [0.5, 0.6) is 0 Å². The third-order valence-corrected chi connectivity index (χ3v) is 1.62. The Morgan fingerprint density at radius 3 is 3.27 bits per heavy atom. The molecule has 0 unspecified atom stereocenters. The van der Waals surface area contributed by atoms with Crippen LogP contribution in [-0.4, -0.2) is 32.1 Å². The third kappa shape index (κ3) is 2.18. The first kappa shape index (κ1) is 9.36. The fourth-order valence-electron chi connectivity index (χ4n) is 0.982. The summed E-state index contributed by atoms with van der Waals surface area (Å²) < 4.78 is 4.96. The van der Waals surface area contributed by atoms with Crippen molar-refractivity contribution in [1.29, 1.82) is 0 Å². The number of terminal acetylenes is 1. The van der Waals surface area contributed by atoms with E-state index >= 15 is 0 Å². The number of aromatic nitrogens is 5. The summed E-state index contributed by atoms with van der Waals surface area (Å²) in [5, 5.41) is 16.6. The smallest absolute Gasteiger partial charge is 0.240 e. The largest absolute Gasteiger partial charge is 0.337 e. The Morgan fingerprint density at radius 1 is 1.60 bits per heavy atom. The predicted molar refractivity (Wildman–Crippen MR) is 50.2 cm³/mol. The van der Waals surface area contributed by atoms with Crippen LogP contribution in [0.2, 0.25) is 0 Å². The van der Waals surface area contributed by atoms with E-state index in [9.17, 15) is 0 Å². The molecule has 2 aromatic heterocycles. The highest BCUT2D eigenvalue weighted by molar-refractivity contribution is 5.44. The zero-order valence-electron chi connectivity index (χ0n) is 7.77. The molecular formula is C8H8N6O. The molecule has 2 heterocycles. The Kier molecular flexibility index (Phi) is 2.71. The van der Waals surface area contributed by atoms with Crippen LogP contribution >= 0.6 is 0 Å². The molecular weight excluding hydrogens is 196 g/mol. The van der Waals surface area contributed by atoms with Crippen molar-refractivity contribution in [2.75, 3.05) is 6.54 Å². The molecule has 0 amide bonds. The van der Waals surface area contributed by atoms with Gasteiger partial charge in [0.1, 0.15) is 0 Å². The highest BCUT2D eigenvalue weighted by atomic mass is 16.5. The molecule has 0 radical (unpaired) electrons. The van der Waals surface area contributed by atoms with Crippen molar-refractivity contribution in [2.24, 2.45) is 0 Å². The summed E-state index contributed by atoms with van der Waals surface area (Å²) in [4.78, 5) is 4.09. The molecule has 7 heteroatoms. The minimum Gasteiger partial charge on any atom is -0.337 e. The monoisotopic (exact) mass is 204 g/mol. The number of rotatable bonds is 4. The van der Waals surface area contributed by atoms with Crippen LogP contribution < -0.4 is 5.32 Å². The van der Waals surface area contributed by atoms with Crippen molar-refractivity contribution in [2.45, 2.75) is 6.54 Å². The summed E-state index contributed by atoms with van der Waals surface area (Å²) in [6, 6.07) is 0.